The number of carbonyl (C=O) groups is 1. The van der Waals surface area contributed by atoms with Crippen LogP contribution in [-0.2, 0) is 0 Å². The Bertz CT molecular complexity index is 641. The van der Waals surface area contributed by atoms with E-state index in [2.05, 4.69) is 0 Å². The predicted molar refractivity (Wildman–Crippen MR) is 79.2 cm³/mol. The quantitative estimate of drug-likeness (QED) is 0.874. The second kappa shape index (κ2) is 6.35. The van der Waals surface area contributed by atoms with Crippen LogP contribution in [0.1, 0.15) is 23.7 Å². The zero-order valence-corrected chi connectivity index (χ0v) is 11.6. The molecule has 5 heteroatoms. The van der Waals surface area contributed by atoms with Gasteiger partial charge in [-0.05, 0) is 48.9 Å². The van der Waals surface area contributed by atoms with Gasteiger partial charge in [0, 0.05) is 23.5 Å². The number of rotatable bonds is 4. The lowest BCUT2D eigenvalue weighted by molar-refractivity contribution is 0.0986. The van der Waals surface area contributed by atoms with E-state index in [1.54, 1.807) is 24.3 Å². The number of nitrogen functional groups attached to an aromatic ring is 1. The van der Waals surface area contributed by atoms with Gasteiger partial charge >= 0.3 is 0 Å². The number of nitrogens with zero attached hydrogens (tertiary/aromatic N) is 1. The first kappa shape index (κ1) is 15.0. The van der Waals surface area contributed by atoms with Gasteiger partial charge in [-0.15, -0.1) is 0 Å². The fraction of sp³-hybridized carbons (Fsp3) is 0.188. The van der Waals surface area contributed by atoms with Crippen LogP contribution in [-0.4, -0.2) is 12.5 Å². The maximum absolute atomic E-state index is 13.3. The number of halogens is 2. The van der Waals surface area contributed by atoms with Crippen molar-refractivity contribution < 1.29 is 13.6 Å². The van der Waals surface area contributed by atoms with Gasteiger partial charge in [0.15, 0.2) is 11.6 Å². The van der Waals surface area contributed by atoms with Gasteiger partial charge in [-0.25, -0.2) is 8.78 Å². The van der Waals surface area contributed by atoms with E-state index >= 15 is 0 Å². The number of hydrogen-bond acceptors (Lipinski definition) is 2. The summed E-state index contributed by atoms with van der Waals surface area (Å²) in [5.74, 6) is -2.38. The van der Waals surface area contributed by atoms with E-state index in [0.717, 1.165) is 18.6 Å². The average molecular weight is 290 g/mol. The molecule has 1 amide bonds. The van der Waals surface area contributed by atoms with Crippen LogP contribution in [0.5, 0.6) is 0 Å². The fourth-order valence-electron chi connectivity index (χ4n) is 2.01. The van der Waals surface area contributed by atoms with E-state index in [4.69, 9.17) is 5.73 Å². The molecule has 2 aromatic rings. The van der Waals surface area contributed by atoms with E-state index in [1.807, 2.05) is 6.92 Å². The van der Waals surface area contributed by atoms with Crippen LogP contribution in [0.2, 0.25) is 0 Å². The summed E-state index contributed by atoms with van der Waals surface area (Å²) in [4.78, 5) is 14.0. The predicted octanol–water partition coefficient (Wildman–Crippen LogP) is 3.60. The van der Waals surface area contributed by atoms with Crippen molar-refractivity contribution in [3.8, 4) is 0 Å². The maximum atomic E-state index is 13.3. The third-order valence-electron chi connectivity index (χ3n) is 3.06. The molecule has 0 radical (unpaired) electrons. The molecule has 2 N–H and O–H groups in total. The smallest absolute Gasteiger partial charge is 0.258 e. The summed E-state index contributed by atoms with van der Waals surface area (Å²) in [7, 11) is 0. The van der Waals surface area contributed by atoms with Crippen molar-refractivity contribution in [1.82, 2.24) is 0 Å². The molecule has 0 aromatic heterocycles. The minimum Gasteiger partial charge on any atom is -0.399 e. The molecule has 0 saturated heterocycles. The van der Waals surface area contributed by atoms with Gasteiger partial charge in [-0.1, -0.05) is 6.92 Å². The Balaban J connectivity index is 2.34. The molecule has 0 aliphatic carbocycles. The van der Waals surface area contributed by atoms with Crippen molar-refractivity contribution in [2.45, 2.75) is 13.3 Å². The highest BCUT2D eigenvalue weighted by Crippen LogP contribution is 2.20. The van der Waals surface area contributed by atoms with Crippen molar-refractivity contribution in [1.29, 1.82) is 0 Å². The Morgan fingerprint density at radius 3 is 2.33 bits per heavy atom. The van der Waals surface area contributed by atoms with Crippen LogP contribution in [0, 0.1) is 11.6 Å². The number of anilines is 2. The molecule has 0 fully saturated rings. The van der Waals surface area contributed by atoms with Crippen molar-refractivity contribution >= 4 is 17.3 Å². The Hall–Kier alpha value is -2.43. The molecule has 3 nitrogen and oxygen atoms in total. The summed E-state index contributed by atoms with van der Waals surface area (Å²) in [5.41, 5.74) is 7.00. The Morgan fingerprint density at radius 2 is 1.76 bits per heavy atom. The molecule has 0 saturated carbocycles. The molecule has 110 valence electrons. The van der Waals surface area contributed by atoms with Gasteiger partial charge in [0.2, 0.25) is 0 Å². The summed E-state index contributed by atoms with van der Waals surface area (Å²) in [5, 5.41) is 0. The monoisotopic (exact) mass is 290 g/mol. The molecule has 0 unspecified atom stereocenters. The summed E-state index contributed by atoms with van der Waals surface area (Å²) >= 11 is 0. The molecular formula is C16H16F2N2O. The van der Waals surface area contributed by atoms with Crippen LogP contribution in [0.25, 0.3) is 0 Å². The zero-order valence-electron chi connectivity index (χ0n) is 11.6. The summed E-state index contributed by atoms with van der Waals surface area (Å²) < 4.78 is 26.2. The lowest BCUT2D eigenvalue weighted by Gasteiger charge is -2.22. The van der Waals surface area contributed by atoms with E-state index in [-0.39, 0.29) is 11.5 Å². The molecule has 0 atom stereocenters. The van der Waals surface area contributed by atoms with E-state index in [0.29, 0.717) is 17.9 Å². The number of carbonyl (C=O) groups excluding carboxylic acids is 1. The molecule has 2 rings (SSSR count). The highest BCUT2D eigenvalue weighted by atomic mass is 19.2. The molecule has 2 aromatic carbocycles. The molecule has 0 heterocycles. The first-order valence-electron chi connectivity index (χ1n) is 6.65. The second-order valence-electron chi connectivity index (χ2n) is 4.68. The van der Waals surface area contributed by atoms with Crippen molar-refractivity contribution in [3.05, 3.63) is 59.7 Å². The second-order valence-corrected chi connectivity index (χ2v) is 4.68. The third-order valence-corrected chi connectivity index (χ3v) is 3.06. The largest absolute Gasteiger partial charge is 0.399 e. The zero-order chi connectivity index (χ0) is 15.4. The highest BCUT2D eigenvalue weighted by molar-refractivity contribution is 6.06. The summed E-state index contributed by atoms with van der Waals surface area (Å²) in [6.07, 6.45) is 0.736. The summed E-state index contributed by atoms with van der Waals surface area (Å²) in [6, 6.07) is 9.98. The number of amides is 1. The van der Waals surface area contributed by atoms with Crippen molar-refractivity contribution in [3.63, 3.8) is 0 Å². The first-order valence-corrected chi connectivity index (χ1v) is 6.65. The van der Waals surface area contributed by atoms with Crippen molar-refractivity contribution in [2.24, 2.45) is 0 Å². The van der Waals surface area contributed by atoms with E-state index in [1.165, 1.54) is 11.0 Å². The van der Waals surface area contributed by atoms with Crippen LogP contribution in [0.4, 0.5) is 20.2 Å². The van der Waals surface area contributed by atoms with Gasteiger partial charge in [0.05, 0.1) is 0 Å². The molecule has 0 aliphatic heterocycles. The number of hydrogen-bond donors (Lipinski definition) is 1. The fourth-order valence-corrected chi connectivity index (χ4v) is 2.01. The van der Waals surface area contributed by atoms with Gasteiger partial charge in [0.25, 0.3) is 5.91 Å². The van der Waals surface area contributed by atoms with Crippen molar-refractivity contribution in [2.75, 3.05) is 17.2 Å². The minimum absolute atomic E-state index is 0.110. The lowest BCUT2D eigenvalue weighted by Crippen LogP contribution is -2.31. The Labute approximate surface area is 122 Å². The molecule has 0 spiro atoms. The van der Waals surface area contributed by atoms with Gasteiger partial charge in [0.1, 0.15) is 0 Å². The standard InChI is InChI=1S/C16H16F2N2O/c1-2-9-20(13-6-4-12(19)5-7-13)16(21)11-3-8-14(17)15(18)10-11/h3-8,10H,2,9,19H2,1H3. The van der Waals surface area contributed by atoms with Crippen LogP contribution in [0.15, 0.2) is 42.5 Å². The van der Waals surface area contributed by atoms with Crippen LogP contribution in [0.3, 0.4) is 0 Å². The average Bonchev–Trinajstić information content (AvgIpc) is 2.48. The molecule has 0 aliphatic rings. The minimum atomic E-state index is -1.03. The molecular weight excluding hydrogens is 274 g/mol. The van der Waals surface area contributed by atoms with Crippen LogP contribution < -0.4 is 10.6 Å². The Kier molecular flexibility index (Phi) is 4.52. The van der Waals surface area contributed by atoms with Gasteiger partial charge in [-0.2, -0.15) is 0 Å². The van der Waals surface area contributed by atoms with E-state index < -0.39 is 11.6 Å². The number of benzene rings is 2. The summed E-state index contributed by atoms with van der Waals surface area (Å²) in [6.45, 7) is 2.41. The van der Waals surface area contributed by atoms with E-state index in [9.17, 15) is 13.6 Å². The highest BCUT2D eigenvalue weighted by Gasteiger charge is 2.18. The SMILES string of the molecule is CCCN(C(=O)c1ccc(F)c(F)c1)c1ccc(N)cc1. The van der Waals surface area contributed by atoms with Gasteiger partial charge in [-0.3, -0.25) is 4.79 Å². The van der Waals surface area contributed by atoms with Gasteiger partial charge < -0.3 is 10.6 Å². The molecule has 21 heavy (non-hydrogen) atoms. The number of nitrogens with two attached hydrogens (primary N) is 1. The topological polar surface area (TPSA) is 46.3 Å². The third kappa shape index (κ3) is 3.37. The normalized spacial score (nSPS) is 10.4. The lowest BCUT2D eigenvalue weighted by atomic mass is 10.1. The maximum Gasteiger partial charge on any atom is 0.258 e. The van der Waals surface area contributed by atoms with Crippen LogP contribution >= 0.6 is 0 Å². The first-order chi connectivity index (χ1) is 10.0. The molecule has 0 bridgehead atoms. The Morgan fingerprint density at radius 1 is 1.10 bits per heavy atom.